The molecule has 0 fully saturated rings. The molecule has 1 amide bonds. The van der Waals surface area contributed by atoms with E-state index in [-0.39, 0.29) is 23.9 Å². The summed E-state index contributed by atoms with van der Waals surface area (Å²) in [4.78, 5) is 11.5. The zero-order chi connectivity index (χ0) is 12.2. The van der Waals surface area contributed by atoms with Crippen LogP contribution in [0.15, 0.2) is 24.3 Å². The van der Waals surface area contributed by atoms with Crippen LogP contribution >= 0.6 is 24.0 Å². The van der Waals surface area contributed by atoms with Gasteiger partial charge in [-0.1, -0.05) is 23.7 Å². The van der Waals surface area contributed by atoms with Gasteiger partial charge in [-0.25, -0.2) is 0 Å². The molecule has 0 aromatic heterocycles. The molecular weight excluding hydrogens is 259 g/mol. The lowest BCUT2D eigenvalue weighted by Gasteiger charge is -2.18. The third-order valence-electron chi connectivity index (χ3n) is 2.02. The average Bonchev–Trinajstić information content (AvgIpc) is 2.18. The predicted octanol–water partition coefficient (Wildman–Crippen LogP) is 2.16. The summed E-state index contributed by atoms with van der Waals surface area (Å²) in [5.41, 5.74) is 6.33. The van der Waals surface area contributed by atoms with Crippen molar-refractivity contribution < 1.29 is 4.79 Å². The molecule has 1 aromatic carbocycles. The summed E-state index contributed by atoms with van der Waals surface area (Å²) in [5, 5.41) is 3.46. The van der Waals surface area contributed by atoms with E-state index in [1.165, 1.54) is 0 Å². The third-order valence-corrected chi connectivity index (χ3v) is 2.27. The fourth-order valence-electron chi connectivity index (χ4n) is 1.18. The molecule has 0 aliphatic heterocycles. The number of carbonyl (C=O) groups is 1. The van der Waals surface area contributed by atoms with E-state index in [4.69, 9.17) is 17.3 Å². The summed E-state index contributed by atoms with van der Waals surface area (Å²) in [6, 6.07) is 7.24. The number of amides is 1. The molecule has 0 unspecified atom stereocenters. The summed E-state index contributed by atoms with van der Waals surface area (Å²) < 4.78 is 0. The van der Waals surface area contributed by atoms with Crippen LogP contribution in [0.5, 0.6) is 0 Å². The maximum atomic E-state index is 11.5. The average molecular weight is 277 g/mol. The van der Waals surface area contributed by atoms with Crippen molar-refractivity contribution in [3.05, 3.63) is 34.9 Å². The van der Waals surface area contributed by atoms with E-state index in [0.29, 0.717) is 18.0 Å². The number of rotatable bonds is 4. The minimum absolute atomic E-state index is 0. The van der Waals surface area contributed by atoms with Crippen LogP contribution in [0.3, 0.4) is 0 Å². The molecule has 0 heterocycles. The number of nitrogens with one attached hydrogen (secondary N) is 1. The van der Waals surface area contributed by atoms with E-state index in [9.17, 15) is 4.79 Å². The Balaban J connectivity index is 0.00000256. The number of halogens is 2. The number of benzene rings is 1. The minimum Gasteiger partial charge on any atom is -0.354 e. The molecule has 0 saturated heterocycles. The van der Waals surface area contributed by atoms with Crippen LogP contribution in [0.1, 0.15) is 19.4 Å². The van der Waals surface area contributed by atoms with Gasteiger partial charge in [0.05, 0.1) is 6.42 Å². The summed E-state index contributed by atoms with van der Waals surface area (Å²) in [7, 11) is 0. The lowest BCUT2D eigenvalue weighted by Crippen LogP contribution is -2.45. The minimum atomic E-state index is -0.379. The van der Waals surface area contributed by atoms with Gasteiger partial charge in [-0.3, -0.25) is 4.79 Å². The molecular formula is C12H18Cl2N2O. The van der Waals surface area contributed by atoms with Gasteiger partial charge in [0.2, 0.25) is 5.91 Å². The first-order valence-electron chi connectivity index (χ1n) is 5.17. The van der Waals surface area contributed by atoms with Crippen molar-refractivity contribution >= 4 is 29.9 Å². The molecule has 96 valence electrons. The summed E-state index contributed by atoms with van der Waals surface area (Å²) in [6.07, 6.45) is 0.354. The molecule has 17 heavy (non-hydrogen) atoms. The molecule has 0 saturated carbocycles. The van der Waals surface area contributed by atoms with Crippen LogP contribution in [0, 0.1) is 0 Å². The highest BCUT2D eigenvalue weighted by Crippen LogP contribution is 2.09. The molecule has 1 rings (SSSR count). The van der Waals surface area contributed by atoms with Gasteiger partial charge < -0.3 is 11.1 Å². The molecule has 0 aliphatic carbocycles. The van der Waals surface area contributed by atoms with Gasteiger partial charge in [0.1, 0.15) is 0 Å². The van der Waals surface area contributed by atoms with Gasteiger partial charge in [-0.05, 0) is 31.5 Å². The topological polar surface area (TPSA) is 55.1 Å². The number of nitrogens with two attached hydrogens (primary N) is 1. The maximum Gasteiger partial charge on any atom is 0.224 e. The van der Waals surface area contributed by atoms with Gasteiger partial charge in [-0.15, -0.1) is 12.4 Å². The smallest absolute Gasteiger partial charge is 0.224 e. The Kier molecular flexibility index (Phi) is 6.53. The van der Waals surface area contributed by atoms with Crippen molar-refractivity contribution in [2.75, 3.05) is 6.54 Å². The highest BCUT2D eigenvalue weighted by molar-refractivity contribution is 6.30. The van der Waals surface area contributed by atoms with Gasteiger partial charge >= 0.3 is 0 Å². The molecule has 0 spiro atoms. The summed E-state index contributed by atoms with van der Waals surface area (Å²) in [6.45, 7) is 4.21. The second kappa shape index (κ2) is 6.84. The van der Waals surface area contributed by atoms with Crippen LogP contribution in [-0.4, -0.2) is 18.0 Å². The molecule has 0 bridgehead atoms. The number of hydrogen-bond acceptors (Lipinski definition) is 2. The maximum absolute atomic E-state index is 11.5. The molecule has 0 aliphatic rings. The Labute approximate surface area is 113 Å². The summed E-state index contributed by atoms with van der Waals surface area (Å²) >= 11 is 5.75. The van der Waals surface area contributed by atoms with Gasteiger partial charge in [0.15, 0.2) is 0 Å². The lowest BCUT2D eigenvalue weighted by atomic mass is 10.1. The van der Waals surface area contributed by atoms with Crippen LogP contribution < -0.4 is 11.1 Å². The first-order valence-corrected chi connectivity index (χ1v) is 5.55. The normalized spacial score (nSPS) is 10.6. The highest BCUT2D eigenvalue weighted by Gasteiger charge is 2.12. The SMILES string of the molecule is CC(C)(N)CNC(=O)Cc1ccc(Cl)cc1.Cl. The fourth-order valence-corrected chi connectivity index (χ4v) is 1.30. The van der Waals surface area contributed by atoms with E-state index >= 15 is 0 Å². The zero-order valence-electron chi connectivity index (χ0n) is 10.00. The number of hydrogen-bond donors (Lipinski definition) is 2. The Bertz CT molecular complexity index is 358. The van der Waals surface area contributed by atoms with Crippen molar-refractivity contribution in [1.82, 2.24) is 5.32 Å². The van der Waals surface area contributed by atoms with Crippen LogP contribution in [-0.2, 0) is 11.2 Å². The fraction of sp³-hybridized carbons (Fsp3) is 0.417. The molecule has 3 nitrogen and oxygen atoms in total. The van der Waals surface area contributed by atoms with Crippen LogP contribution in [0.4, 0.5) is 0 Å². The Morgan fingerprint density at radius 2 is 1.88 bits per heavy atom. The predicted molar refractivity (Wildman–Crippen MR) is 73.7 cm³/mol. The zero-order valence-corrected chi connectivity index (χ0v) is 11.6. The van der Waals surface area contributed by atoms with Crippen LogP contribution in [0.2, 0.25) is 5.02 Å². The molecule has 0 radical (unpaired) electrons. The molecule has 0 atom stereocenters. The van der Waals surface area contributed by atoms with Crippen molar-refractivity contribution in [3.63, 3.8) is 0 Å². The Hall–Kier alpha value is -0.770. The number of carbonyl (C=O) groups excluding carboxylic acids is 1. The molecule has 1 aromatic rings. The van der Waals surface area contributed by atoms with E-state index in [2.05, 4.69) is 5.32 Å². The Morgan fingerprint density at radius 1 is 1.35 bits per heavy atom. The van der Waals surface area contributed by atoms with Crippen LogP contribution in [0.25, 0.3) is 0 Å². The first kappa shape index (κ1) is 16.2. The van der Waals surface area contributed by atoms with Gasteiger partial charge in [-0.2, -0.15) is 0 Å². The third kappa shape index (κ3) is 7.21. The molecule has 3 N–H and O–H groups in total. The van der Waals surface area contributed by atoms with E-state index in [1.54, 1.807) is 12.1 Å². The standard InChI is InChI=1S/C12H17ClN2O.ClH/c1-12(2,14)8-15-11(16)7-9-3-5-10(13)6-4-9;/h3-6H,7-8,14H2,1-2H3,(H,15,16);1H. The van der Waals surface area contributed by atoms with Crippen molar-refractivity contribution in [1.29, 1.82) is 0 Å². The van der Waals surface area contributed by atoms with Crippen molar-refractivity contribution in [2.24, 2.45) is 5.73 Å². The first-order chi connectivity index (χ1) is 7.37. The molecule has 5 heteroatoms. The monoisotopic (exact) mass is 276 g/mol. The largest absolute Gasteiger partial charge is 0.354 e. The van der Waals surface area contributed by atoms with Gasteiger partial charge in [0.25, 0.3) is 0 Å². The van der Waals surface area contributed by atoms with E-state index in [1.807, 2.05) is 26.0 Å². The van der Waals surface area contributed by atoms with Gasteiger partial charge in [0, 0.05) is 17.1 Å². The second-order valence-electron chi connectivity index (χ2n) is 4.57. The lowest BCUT2D eigenvalue weighted by molar-refractivity contribution is -0.120. The van der Waals surface area contributed by atoms with E-state index < -0.39 is 0 Å². The Morgan fingerprint density at radius 3 is 2.35 bits per heavy atom. The quantitative estimate of drug-likeness (QED) is 0.886. The highest BCUT2D eigenvalue weighted by atomic mass is 35.5. The summed E-state index contributed by atoms with van der Waals surface area (Å²) in [5.74, 6) is -0.0270. The van der Waals surface area contributed by atoms with Crippen molar-refractivity contribution in [3.8, 4) is 0 Å². The van der Waals surface area contributed by atoms with Crippen molar-refractivity contribution in [2.45, 2.75) is 25.8 Å². The second-order valence-corrected chi connectivity index (χ2v) is 5.00. The van der Waals surface area contributed by atoms with E-state index in [0.717, 1.165) is 5.56 Å².